The van der Waals surface area contributed by atoms with E-state index in [1.165, 1.54) is 24.3 Å². The SMILES string of the molecule is CC(=O)c1csc(-c2cc(Br)ccc2F)n1. The topological polar surface area (TPSA) is 30.0 Å². The summed E-state index contributed by atoms with van der Waals surface area (Å²) in [7, 11) is 0. The standard InChI is InChI=1S/C11H7BrFNOS/c1-6(15)10-5-16-11(14-10)8-4-7(12)2-3-9(8)13/h2-5H,1H3. The number of thiazole rings is 1. The Kier molecular flexibility index (Phi) is 3.16. The Bertz CT molecular complexity index is 553. The molecule has 1 aromatic heterocycles. The van der Waals surface area contributed by atoms with Crippen LogP contribution >= 0.6 is 27.3 Å². The number of Topliss-reactive ketones (excluding diaryl/α,β-unsaturated/α-hetero) is 1. The number of ketones is 1. The van der Waals surface area contributed by atoms with Gasteiger partial charge in [0.25, 0.3) is 0 Å². The van der Waals surface area contributed by atoms with Crippen molar-refractivity contribution in [2.75, 3.05) is 0 Å². The maximum absolute atomic E-state index is 13.5. The zero-order chi connectivity index (χ0) is 11.7. The van der Waals surface area contributed by atoms with E-state index in [1.54, 1.807) is 17.5 Å². The molecular formula is C11H7BrFNOS. The van der Waals surface area contributed by atoms with Crippen LogP contribution in [0, 0.1) is 5.82 Å². The van der Waals surface area contributed by atoms with E-state index in [9.17, 15) is 9.18 Å². The van der Waals surface area contributed by atoms with Crippen molar-refractivity contribution in [2.45, 2.75) is 6.92 Å². The minimum absolute atomic E-state index is 0.113. The Labute approximate surface area is 104 Å². The molecule has 0 atom stereocenters. The van der Waals surface area contributed by atoms with Crippen molar-refractivity contribution in [3.8, 4) is 10.6 Å². The average Bonchev–Trinajstić information content (AvgIpc) is 2.70. The Morgan fingerprint density at radius 1 is 1.50 bits per heavy atom. The number of carbonyl (C=O) groups is 1. The molecule has 0 saturated carbocycles. The predicted molar refractivity (Wildman–Crippen MR) is 65.2 cm³/mol. The molecular weight excluding hydrogens is 293 g/mol. The van der Waals surface area contributed by atoms with Gasteiger partial charge >= 0.3 is 0 Å². The van der Waals surface area contributed by atoms with Gasteiger partial charge in [0.1, 0.15) is 16.5 Å². The fourth-order valence-corrected chi connectivity index (χ4v) is 2.46. The Morgan fingerprint density at radius 2 is 2.25 bits per heavy atom. The van der Waals surface area contributed by atoms with Gasteiger partial charge in [-0.25, -0.2) is 9.37 Å². The molecule has 2 nitrogen and oxygen atoms in total. The van der Waals surface area contributed by atoms with Gasteiger partial charge in [0.05, 0.1) is 0 Å². The van der Waals surface area contributed by atoms with Gasteiger partial charge in [-0.15, -0.1) is 11.3 Å². The molecule has 16 heavy (non-hydrogen) atoms. The highest BCUT2D eigenvalue weighted by Gasteiger charge is 2.11. The molecule has 82 valence electrons. The first kappa shape index (κ1) is 11.4. The Hall–Kier alpha value is -1.07. The van der Waals surface area contributed by atoms with Gasteiger partial charge in [0.15, 0.2) is 5.78 Å². The summed E-state index contributed by atoms with van der Waals surface area (Å²) in [5.41, 5.74) is 0.784. The third-order valence-electron chi connectivity index (χ3n) is 2.02. The molecule has 0 aliphatic heterocycles. The highest BCUT2D eigenvalue weighted by Crippen LogP contribution is 2.28. The number of rotatable bonds is 2. The van der Waals surface area contributed by atoms with Crippen LogP contribution in [0.4, 0.5) is 4.39 Å². The van der Waals surface area contributed by atoms with E-state index in [2.05, 4.69) is 20.9 Å². The maximum atomic E-state index is 13.5. The highest BCUT2D eigenvalue weighted by atomic mass is 79.9. The molecule has 0 N–H and O–H groups in total. The first-order chi connectivity index (χ1) is 7.58. The summed E-state index contributed by atoms with van der Waals surface area (Å²) in [5.74, 6) is -0.453. The van der Waals surface area contributed by atoms with Gasteiger partial charge in [0.2, 0.25) is 0 Å². The van der Waals surface area contributed by atoms with Gasteiger partial charge in [-0.05, 0) is 18.2 Å². The molecule has 0 amide bonds. The molecule has 0 aliphatic rings. The molecule has 1 heterocycles. The number of carbonyl (C=O) groups excluding carboxylic acids is 1. The van der Waals surface area contributed by atoms with Crippen molar-refractivity contribution in [1.82, 2.24) is 4.98 Å². The van der Waals surface area contributed by atoms with Crippen LogP contribution in [0.15, 0.2) is 28.1 Å². The molecule has 0 radical (unpaired) electrons. The van der Waals surface area contributed by atoms with Crippen LogP contribution in [0.2, 0.25) is 0 Å². The summed E-state index contributed by atoms with van der Waals surface area (Å²) >= 11 is 4.53. The number of halogens is 2. The van der Waals surface area contributed by atoms with Crippen molar-refractivity contribution in [3.63, 3.8) is 0 Å². The molecule has 0 saturated heterocycles. The molecule has 2 aromatic rings. The zero-order valence-corrected chi connectivity index (χ0v) is 10.7. The molecule has 2 rings (SSSR count). The molecule has 0 unspecified atom stereocenters. The fourth-order valence-electron chi connectivity index (χ4n) is 1.22. The summed E-state index contributed by atoms with van der Waals surface area (Å²) in [4.78, 5) is 15.2. The van der Waals surface area contributed by atoms with E-state index >= 15 is 0 Å². The molecule has 0 fully saturated rings. The van der Waals surface area contributed by atoms with E-state index < -0.39 is 0 Å². The Morgan fingerprint density at radius 3 is 2.88 bits per heavy atom. The number of hydrogen-bond acceptors (Lipinski definition) is 3. The summed E-state index contributed by atoms with van der Waals surface area (Å²) in [6, 6.07) is 4.64. The van der Waals surface area contributed by atoms with Crippen molar-refractivity contribution in [1.29, 1.82) is 0 Å². The van der Waals surface area contributed by atoms with Crippen LogP contribution in [-0.4, -0.2) is 10.8 Å². The van der Waals surface area contributed by atoms with Crippen molar-refractivity contribution in [2.24, 2.45) is 0 Å². The van der Waals surface area contributed by atoms with Gasteiger partial charge in [0, 0.05) is 22.3 Å². The van der Waals surface area contributed by atoms with E-state index in [-0.39, 0.29) is 11.6 Å². The predicted octanol–water partition coefficient (Wildman–Crippen LogP) is 3.91. The number of hydrogen-bond donors (Lipinski definition) is 0. The first-order valence-corrected chi connectivity index (χ1v) is 6.17. The lowest BCUT2D eigenvalue weighted by atomic mass is 10.2. The van der Waals surface area contributed by atoms with Crippen molar-refractivity contribution < 1.29 is 9.18 Å². The smallest absolute Gasteiger partial charge is 0.178 e. The second-order valence-corrected chi connectivity index (χ2v) is 4.99. The van der Waals surface area contributed by atoms with Gasteiger partial charge in [-0.3, -0.25) is 4.79 Å². The molecule has 0 aliphatic carbocycles. The van der Waals surface area contributed by atoms with E-state index in [1.807, 2.05) is 0 Å². The Balaban J connectivity index is 2.50. The van der Waals surface area contributed by atoms with Crippen LogP contribution in [0.5, 0.6) is 0 Å². The normalized spacial score (nSPS) is 10.4. The molecule has 0 spiro atoms. The highest BCUT2D eigenvalue weighted by molar-refractivity contribution is 9.10. The number of nitrogens with zero attached hydrogens (tertiary/aromatic N) is 1. The van der Waals surface area contributed by atoms with E-state index in [4.69, 9.17) is 0 Å². The van der Waals surface area contributed by atoms with Crippen LogP contribution in [0.3, 0.4) is 0 Å². The van der Waals surface area contributed by atoms with E-state index in [0.29, 0.717) is 16.3 Å². The van der Waals surface area contributed by atoms with E-state index in [0.717, 1.165) is 4.47 Å². The zero-order valence-electron chi connectivity index (χ0n) is 8.33. The minimum Gasteiger partial charge on any atom is -0.293 e. The largest absolute Gasteiger partial charge is 0.293 e. The van der Waals surface area contributed by atoms with Crippen LogP contribution in [0.1, 0.15) is 17.4 Å². The quantitative estimate of drug-likeness (QED) is 0.787. The van der Waals surface area contributed by atoms with Crippen LogP contribution < -0.4 is 0 Å². The van der Waals surface area contributed by atoms with Crippen LogP contribution in [0.25, 0.3) is 10.6 Å². The summed E-state index contributed by atoms with van der Waals surface area (Å²) in [5, 5.41) is 2.15. The lowest BCUT2D eigenvalue weighted by Crippen LogP contribution is -1.92. The second-order valence-electron chi connectivity index (χ2n) is 3.22. The van der Waals surface area contributed by atoms with Crippen molar-refractivity contribution in [3.05, 3.63) is 39.6 Å². The summed E-state index contributed by atoms with van der Waals surface area (Å²) in [6.07, 6.45) is 0. The third-order valence-corrected chi connectivity index (χ3v) is 3.39. The second kappa shape index (κ2) is 4.43. The molecule has 1 aromatic carbocycles. The lowest BCUT2D eigenvalue weighted by Gasteiger charge is -1.99. The maximum Gasteiger partial charge on any atom is 0.178 e. The first-order valence-electron chi connectivity index (χ1n) is 4.50. The molecule has 0 bridgehead atoms. The molecule has 5 heteroatoms. The average molecular weight is 300 g/mol. The van der Waals surface area contributed by atoms with Gasteiger partial charge in [-0.1, -0.05) is 15.9 Å². The fraction of sp³-hybridized carbons (Fsp3) is 0.0909. The summed E-state index contributed by atoms with van der Waals surface area (Å²) in [6.45, 7) is 1.44. The van der Waals surface area contributed by atoms with Crippen LogP contribution in [-0.2, 0) is 0 Å². The number of aromatic nitrogens is 1. The minimum atomic E-state index is -0.340. The van der Waals surface area contributed by atoms with Gasteiger partial charge in [-0.2, -0.15) is 0 Å². The monoisotopic (exact) mass is 299 g/mol. The third kappa shape index (κ3) is 2.20. The lowest BCUT2D eigenvalue weighted by molar-refractivity contribution is 0.101. The summed E-state index contributed by atoms with van der Waals surface area (Å²) < 4.78 is 14.3. The van der Waals surface area contributed by atoms with Gasteiger partial charge < -0.3 is 0 Å². The van der Waals surface area contributed by atoms with Crippen molar-refractivity contribution >= 4 is 33.0 Å². The number of benzene rings is 1.